The average molecular weight is 564 g/mol. The number of aromatic nitrogens is 6. The highest BCUT2D eigenvalue weighted by Crippen LogP contribution is 2.44. The highest BCUT2D eigenvalue weighted by molar-refractivity contribution is 7.91. The minimum absolute atomic E-state index is 0.0591. The van der Waals surface area contributed by atoms with Crippen molar-refractivity contribution < 1.29 is 22.0 Å². The van der Waals surface area contributed by atoms with Crippen LogP contribution < -0.4 is 4.74 Å². The molecule has 0 saturated carbocycles. The molecule has 0 radical (unpaired) electrons. The van der Waals surface area contributed by atoms with Crippen LogP contribution in [-0.4, -0.2) is 64.0 Å². The first-order valence-corrected chi connectivity index (χ1v) is 15.1. The second-order valence-electron chi connectivity index (χ2n) is 10.0. The summed E-state index contributed by atoms with van der Waals surface area (Å²) in [6.07, 6.45) is 5.61. The predicted octanol–water partition coefficient (Wildman–Crippen LogP) is 4.51. The first-order valence-electron chi connectivity index (χ1n) is 14.7. The van der Waals surface area contributed by atoms with Gasteiger partial charge in [-0.15, -0.1) is 5.10 Å². The Bertz CT molecular complexity index is 1920. The Hall–Kier alpha value is -3.83. The van der Waals surface area contributed by atoms with Gasteiger partial charge in [0.05, 0.1) is 46.7 Å². The molecular weight excluding hydrogens is 528 g/mol. The zero-order valence-electron chi connectivity index (χ0n) is 25.5. The van der Waals surface area contributed by atoms with Gasteiger partial charge in [-0.1, -0.05) is 35.5 Å². The zero-order chi connectivity index (χ0) is 30.5. The van der Waals surface area contributed by atoms with Crippen LogP contribution in [0.5, 0.6) is 5.88 Å². The molecule has 6 rings (SSSR count). The van der Waals surface area contributed by atoms with Gasteiger partial charge in [-0.25, -0.2) is 18.1 Å². The lowest BCUT2D eigenvalue weighted by Gasteiger charge is -2.33. The standard InChI is InChI=1S/C29H32N6O4S/c1-5-39-29-24-25-22(15-21(16-30-25)26-18(2)32-33-34(26)3)35(28(24)23(17-31-29)40(4,36)37)27(19-9-7-6-8-10-19)20-11-13-38-14-12-20/h6-10,15-17,20,27H,5,11-14H2,1-4H3/t27-/m1/s1/i2D3. The maximum absolute atomic E-state index is 13.3. The smallest absolute Gasteiger partial charge is 0.225 e. The Balaban J connectivity index is 1.78. The normalized spacial score (nSPS) is 17.0. The predicted molar refractivity (Wildman–Crippen MR) is 152 cm³/mol. The van der Waals surface area contributed by atoms with Crippen LogP contribution in [0.25, 0.3) is 33.2 Å². The molecule has 0 N–H and O–H groups in total. The molecule has 5 aromatic rings. The third-order valence-corrected chi connectivity index (χ3v) is 8.60. The van der Waals surface area contributed by atoms with E-state index in [4.69, 9.17) is 18.6 Å². The van der Waals surface area contributed by atoms with Crippen molar-refractivity contribution in [3.8, 4) is 17.1 Å². The summed E-state index contributed by atoms with van der Waals surface area (Å²) in [5.74, 6) is 0.379. The molecule has 1 aliphatic heterocycles. The SMILES string of the molecule is [2H]C([2H])([2H])c1nnn(C)c1-c1cnc2c3c(OCC)ncc(S(C)(=O)=O)c3n([C@H](c3ccccc3)C3CCOCC3)c2c1. The molecule has 40 heavy (non-hydrogen) atoms. The second kappa shape index (κ2) is 10.3. The first kappa shape index (κ1) is 22.9. The van der Waals surface area contributed by atoms with Crippen LogP contribution in [0.1, 0.15) is 41.2 Å². The molecule has 10 nitrogen and oxygen atoms in total. The number of benzene rings is 1. The van der Waals surface area contributed by atoms with Crippen molar-refractivity contribution in [2.75, 3.05) is 26.1 Å². The number of ether oxygens (including phenoxy) is 2. The molecule has 0 spiro atoms. The Morgan fingerprint density at radius 3 is 2.65 bits per heavy atom. The van der Waals surface area contributed by atoms with Gasteiger partial charge in [0.15, 0.2) is 9.84 Å². The number of hydrogen-bond acceptors (Lipinski definition) is 8. The van der Waals surface area contributed by atoms with Crippen molar-refractivity contribution >= 4 is 31.8 Å². The highest BCUT2D eigenvalue weighted by atomic mass is 32.2. The number of fused-ring (bicyclic) bond motifs is 3. The lowest BCUT2D eigenvalue weighted by atomic mass is 9.86. The number of aryl methyl sites for hydroxylation is 2. The summed E-state index contributed by atoms with van der Waals surface area (Å²) in [4.78, 5) is 9.31. The fourth-order valence-corrected chi connectivity index (χ4v) is 6.60. The Morgan fingerprint density at radius 2 is 1.95 bits per heavy atom. The zero-order valence-corrected chi connectivity index (χ0v) is 23.4. The second-order valence-corrected chi connectivity index (χ2v) is 12.0. The lowest BCUT2D eigenvalue weighted by molar-refractivity contribution is 0.0552. The molecule has 1 aromatic carbocycles. The topological polar surface area (TPSA) is 114 Å². The summed E-state index contributed by atoms with van der Waals surface area (Å²) in [6, 6.07) is 11.5. The average Bonchev–Trinajstić information content (AvgIpc) is 3.53. The molecule has 1 fully saturated rings. The van der Waals surface area contributed by atoms with E-state index in [2.05, 4.69) is 15.3 Å². The van der Waals surface area contributed by atoms with E-state index in [1.807, 2.05) is 47.9 Å². The number of rotatable bonds is 7. The molecule has 1 saturated heterocycles. The van der Waals surface area contributed by atoms with E-state index in [0.717, 1.165) is 18.4 Å². The van der Waals surface area contributed by atoms with E-state index >= 15 is 0 Å². The van der Waals surface area contributed by atoms with Crippen LogP contribution in [0.2, 0.25) is 0 Å². The van der Waals surface area contributed by atoms with Crippen molar-refractivity contribution in [3.05, 3.63) is 60.0 Å². The molecule has 1 aliphatic rings. The summed E-state index contributed by atoms with van der Waals surface area (Å²) in [6.45, 7) is 0.818. The van der Waals surface area contributed by atoms with Gasteiger partial charge < -0.3 is 14.0 Å². The van der Waals surface area contributed by atoms with Gasteiger partial charge in [-0.05, 0) is 44.2 Å². The molecule has 0 unspecified atom stereocenters. The minimum atomic E-state index is -3.75. The number of sulfone groups is 1. The van der Waals surface area contributed by atoms with Crippen LogP contribution in [0.3, 0.4) is 0 Å². The molecule has 4 aromatic heterocycles. The van der Waals surface area contributed by atoms with Gasteiger partial charge in [0.25, 0.3) is 0 Å². The molecule has 0 bridgehead atoms. The van der Waals surface area contributed by atoms with Gasteiger partial charge in [-0.2, -0.15) is 0 Å². The lowest BCUT2D eigenvalue weighted by Crippen LogP contribution is -2.27. The van der Waals surface area contributed by atoms with Crippen molar-refractivity contribution in [1.29, 1.82) is 0 Å². The summed E-state index contributed by atoms with van der Waals surface area (Å²) < 4.78 is 65.9. The Morgan fingerprint density at radius 1 is 1.18 bits per heavy atom. The fraction of sp³-hybridized carbons (Fsp3) is 0.379. The third kappa shape index (κ3) is 4.43. The summed E-state index contributed by atoms with van der Waals surface area (Å²) in [7, 11) is -2.12. The van der Waals surface area contributed by atoms with Gasteiger partial charge in [-0.3, -0.25) is 4.98 Å². The Labute approximate surface area is 237 Å². The van der Waals surface area contributed by atoms with Crippen molar-refractivity contribution in [2.45, 2.75) is 37.6 Å². The van der Waals surface area contributed by atoms with Crippen molar-refractivity contribution in [3.63, 3.8) is 0 Å². The van der Waals surface area contributed by atoms with Crippen LogP contribution in [0.15, 0.2) is 53.7 Å². The molecule has 1 atom stereocenters. The molecule has 5 heterocycles. The molecule has 208 valence electrons. The van der Waals surface area contributed by atoms with E-state index in [-0.39, 0.29) is 28.4 Å². The van der Waals surface area contributed by atoms with E-state index in [9.17, 15) is 8.42 Å². The van der Waals surface area contributed by atoms with E-state index in [1.54, 1.807) is 13.2 Å². The largest absolute Gasteiger partial charge is 0.477 e. The van der Waals surface area contributed by atoms with E-state index in [0.29, 0.717) is 53.0 Å². The van der Waals surface area contributed by atoms with Crippen molar-refractivity contribution in [2.24, 2.45) is 13.0 Å². The van der Waals surface area contributed by atoms with Gasteiger partial charge >= 0.3 is 0 Å². The highest BCUT2D eigenvalue weighted by Gasteiger charge is 2.33. The fourth-order valence-electron chi connectivity index (χ4n) is 5.80. The number of pyridine rings is 2. The van der Waals surface area contributed by atoms with Gasteiger partial charge in [0.2, 0.25) is 5.88 Å². The van der Waals surface area contributed by atoms with E-state index < -0.39 is 16.7 Å². The maximum Gasteiger partial charge on any atom is 0.225 e. The van der Waals surface area contributed by atoms with Crippen LogP contribution in [0.4, 0.5) is 0 Å². The first-order chi connectivity index (χ1) is 20.5. The third-order valence-electron chi connectivity index (χ3n) is 7.50. The molecule has 11 heteroatoms. The summed E-state index contributed by atoms with van der Waals surface area (Å²) in [5.41, 5.74) is 3.21. The molecular formula is C29H32N6O4S. The van der Waals surface area contributed by atoms with Crippen LogP contribution in [-0.2, 0) is 21.6 Å². The van der Waals surface area contributed by atoms with Crippen molar-refractivity contribution in [1.82, 2.24) is 29.5 Å². The maximum atomic E-state index is 13.3. The summed E-state index contributed by atoms with van der Waals surface area (Å²) >= 11 is 0. The van der Waals surface area contributed by atoms with Gasteiger partial charge in [0.1, 0.15) is 10.4 Å². The minimum Gasteiger partial charge on any atom is -0.477 e. The van der Waals surface area contributed by atoms with Crippen LogP contribution in [0, 0.1) is 12.8 Å². The monoisotopic (exact) mass is 563 g/mol. The Kier molecular flexibility index (Phi) is 5.90. The van der Waals surface area contributed by atoms with Crippen LogP contribution >= 0.6 is 0 Å². The number of nitrogens with zero attached hydrogens (tertiary/aromatic N) is 6. The number of hydrogen-bond donors (Lipinski definition) is 0. The molecule has 0 aliphatic carbocycles. The summed E-state index contributed by atoms with van der Waals surface area (Å²) in [5, 5.41) is 8.42. The van der Waals surface area contributed by atoms with Gasteiger partial charge in [0, 0.05) is 42.4 Å². The van der Waals surface area contributed by atoms with E-state index in [1.165, 1.54) is 17.1 Å². The quantitative estimate of drug-likeness (QED) is 0.284. The molecule has 0 amide bonds.